The number of rotatable bonds is 13. The van der Waals surface area contributed by atoms with Gasteiger partial charge in [-0.25, -0.2) is 5.43 Å². The Morgan fingerprint density at radius 1 is 0.933 bits per heavy atom. The number of nitrogens with one attached hydrogen (secondary N) is 2. The first-order valence-electron chi connectivity index (χ1n) is 13.8. The number of carbonyl (C=O) groups is 2. The summed E-state index contributed by atoms with van der Waals surface area (Å²) >= 11 is 12.1. The molecule has 9 nitrogen and oxygen atoms in total. The smallest absolute Gasteiger partial charge is 0.262 e. The molecule has 0 aromatic heterocycles. The predicted molar refractivity (Wildman–Crippen MR) is 173 cm³/mol. The molecule has 0 spiro atoms. The molecule has 0 aliphatic carbocycles. The summed E-state index contributed by atoms with van der Waals surface area (Å²) in [5, 5.41) is 16.9. The van der Waals surface area contributed by atoms with E-state index in [-0.39, 0.29) is 23.8 Å². The van der Waals surface area contributed by atoms with Crippen LogP contribution in [0.3, 0.4) is 0 Å². The maximum Gasteiger partial charge on any atom is 0.262 e. The van der Waals surface area contributed by atoms with Crippen LogP contribution in [-0.4, -0.2) is 37.3 Å². The van der Waals surface area contributed by atoms with Gasteiger partial charge < -0.3 is 19.5 Å². The standard InChI is InChI=1S/C34H30Cl2N4O5/c1-22(45-30-15-13-27(35)18-28(30)36)33(41)39-29(16-23-8-4-3-5-9-23)34(42)40-38-20-24-12-14-31(32(17-24)43-2)44-21-26-11-7-6-10-25(26)19-37/h3-15,17-18,20,22,29H,16,21H2,1-2H3,(H,39,41)(H,40,42)/b38-20-/t22-,29+/m0/s1. The van der Waals surface area contributed by atoms with Gasteiger partial charge >= 0.3 is 0 Å². The van der Waals surface area contributed by atoms with E-state index in [9.17, 15) is 14.9 Å². The summed E-state index contributed by atoms with van der Waals surface area (Å²) in [7, 11) is 1.51. The number of hydrogen-bond donors (Lipinski definition) is 2. The fourth-order valence-corrected chi connectivity index (χ4v) is 4.66. The molecule has 0 heterocycles. The minimum atomic E-state index is -0.958. The van der Waals surface area contributed by atoms with Crippen LogP contribution in [0.25, 0.3) is 0 Å². The largest absolute Gasteiger partial charge is 0.493 e. The summed E-state index contributed by atoms with van der Waals surface area (Å²) in [6.45, 7) is 1.74. The number of carbonyl (C=O) groups excluding carboxylic acids is 2. The van der Waals surface area contributed by atoms with Crippen LogP contribution >= 0.6 is 23.2 Å². The van der Waals surface area contributed by atoms with Crippen molar-refractivity contribution in [2.24, 2.45) is 5.10 Å². The molecule has 0 saturated carbocycles. The molecule has 0 bridgehead atoms. The molecule has 0 unspecified atom stereocenters. The minimum absolute atomic E-state index is 0.189. The molecule has 4 rings (SSSR count). The number of ether oxygens (including phenoxy) is 3. The lowest BCUT2D eigenvalue weighted by Crippen LogP contribution is -2.50. The minimum Gasteiger partial charge on any atom is -0.493 e. The highest BCUT2D eigenvalue weighted by molar-refractivity contribution is 6.35. The maximum absolute atomic E-state index is 13.2. The van der Waals surface area contributed by atoms with Gasteiger partial charge in [0.1, 0.15) is 18.4 Å². The van der Waals surface area contributed by atoms with Crippen molar-refractivity contribution in [2.45, 2.75) is 32.1 Å². The van der Waals surface area contributed by atoms with Crippen molar-refractivity contribution in [3.05, 3.63) is 123 Å². The van der Waals surface area contributed by atoms with Crippen LogP contribution in [0.5, 0.6) is 17.2 Å². The average molecular weight is 646 g/mol. The SMILES string of the molecule is COc1cc(/C=N\NC(=O)[C@@H](Cc2ccccc2)NC(=O)[C@H](C)Oc2ccc(Cl)cc2Cl)ccc1OCc1ccccc1C#N. The fraction of sp³-hybridized carbons (Fsp3) is 0.176. The van der Waals surface area contributed by atoms with Crippen LogP contribution < -0.4 is 25.0 Å². The maximum atomic E-state index is 13.2. The van der Waals surface area contributed by atoms with Gasteiger partial charge in [0.15, 0.2) is 17.6 Å². The number of hydrazone groups is 1. The summed E-state index contributed by atoms with van der Waals surface area (Å²) in [6.07, 6.45) is 0.710. The Labute approximate surface area is 271 Å². The van der Waals surface area contributed by atoms with E-state index in [2.05, 4.69) is 21.9 Å². The first kappa shape index (κ1) is 32.9. The van der Waals surface area contributed by atoms with Crippen molar-refractivity contribution >= 4 is 41.2 Å². The van der Waals surface area contributed by atoms with Gasteiger partial charge in [0.05, 0.1) is 30.0 Å². The molecule has 230 valence electrons. The van der Waals surface area contributed by atoms with Crippen LogP contribution in [0.1, 0.15) is 29.2 Å². The van der Waals surface area contributed by atoms with E-state index < -0.39 is 24.0 Å². The van der Waals surface area contributed by atoms with Crippen molar-refractivity contribution < 1.29 is 23.8 Å². The number of benzene rings is 4. The second kappa shape index (κ2) is 16.1. The Kier molecular flexibility index (Phi) is 11.8. The van der Waals surface area contributed by atoms with Gasteiger partial charge in [-0.2, -0.15) is 10.4 Å². The molecule has 4 aromatic carbocycles. The number of methoxy groups -OCH3 is 1. The van der Waals surface area contributed by atoms with Gasteiger partial charge in [-0.1, -0.05) is 71.7 Å². The molecule has 11 heteroatoms. The molecular formula is C34H30Cl2N4O5. The van der Waals surface area contributed by atoms with E-state index >= 15 is 0 Å². The van der Waals surface area contributed by atoms with Crippen molar-refractivity contribution in [2.75, 3.05) is 7.11 Å². The molecule has 0 aliphatic rings. The quantitative estimate of drug-likeness (QED) is 0.134. The molecular weight excluding hydrogens is 615 g/mol. The third-order valence-corrected chi connectivity index (χ3v) is 7.11. The molecule has 45 heavy (non-hydrogen) atoms. The Hall–Kier alpha value is -5.04. The van der Waals surface area contributed by atoms with Gasteiger partial charge in [-0.05, 0) is 60.5 Å². The molecule has 0 radical (unpaired) electrons. The Bertz CT molecular complexity index is 1710. The molecule has 0 aliphatic heterocycles. The molecule has 2 N–H and O–H groups in total. The average Bonchev–Trinajstić information content (AvgIpc) is 3.05. The Morgan fingerprint density at radius 2 is 1.67 bits per heavy atom. The lowest BCUT2D eigenvalue weighted by Gasteiger charge is -2.21. The summed E-state index contributed by atoms with van der Waals surface area (Å²) in [4.78, 5) is 26.3. The van der Waals surface area contributed by atoms with Crippen LogP contribution in [0.4, 0.5) is 0 Å². The van der Waals surface area contributed by atoms with E-state index in [4.69, 9.17) is 37.4 Å². The third-order valence-electron chi connectivity index (χ3n) is 6.58. The topological polar surface area (TPSA) is 122 Å². The Morgan fingerprint density at radius 3 is 2.40 bits per heavy atom. The highest BCUT2D eigenvalue weighted by Crippen LogP contribution is 2.29. The first-order chi connectivity index (χ1) is 21.8. The monoisotopic (exact) mass is 644 g/mol. The second-order valence-electron chi connectivity index (χ2n) is 9.79. The zero-order valence-electron chi connectivity index (χ0n) is 24.5. The van der Waals surface area contributed by atoms with E-state index in [0.29, 0.717) is 27.6 Å². The van der Waals surface area contributed by atoms with Gasteiger partial charge in [0.2, 0.25) is 0 Å². The van der Waals surface area contributed by atoms with Crippen molar-refractivity contribution in [1.29, 1.82) is 5.26 Å². The molecule has 0 saturated heterocycles. The zero-order chi connectivity index (χ0) is 32.2. The van der Waals surface area contributed by atoms with E-state index in [1.165, 1.54) is 19.4 Å². The van der Waals surface area contributed by atoms with Crippen molar-refractivity contribution in [1.82, 2.24) is 10.7 Å². The van der Waals surface area contributed by atoms with Gasteiger partial charge in [0.25, 0.3) is 11.8 Å². The van der Waals surface area contributed by atoms with Crippen LogP contribution in [0, 0.1) is 11.3 Å². The lowest BCUT2D eigenvalue weighted by molar-refractivity contribution is -0.132. The highest BCUT2D eigenvalue weighted by atomic mass is 35.5. The second-order valence-corrected chi connectivity index (χ2v) is 10.6. The molecule has 2 amide bonds. The summed E-state index contributed by atoms with van der Waals surface area (Å²) in [5.41, 5.74) is 5.26. The van der Waals surface area contributed by atoms with Crippen LogP contribution in [0.2, 0.25) is 10.0 Å². The number of nitrogens with zero attached hydrogens (tertiary/aromatic N) is 2. The predicted octanol–water partition coefficient (Wildman–Crippen LogP) is 6.10. The fourth-order valence-electron chi connectivity index (χ4n) is 4.21. The van der Waals surface area contributed by atoms with Crippen LogP contribution in [0.15, 0.2) is 96.1 Å². The van der Waals surface area contributed by atoms with Crippen molar-refractivity contribution in [3.8, 4) is 23.3 Å². The molecule has 4 aromatic rings. The highest BCUT2D eigenvalue weighted by Gasteiger charge is 2.25. The lowest BCUT2D eigenvalue weighted by atomic mass is 10.1. The first-order valence-corrected chi connectivity index (χ1v) is 14.6. The molecule has 2 atom stereocenters. The van der Waals surface area contributed by atoms with Gasteiger partial charge in [-0.3, -0.25) is 9.59 Å². The number of halogens is 2. The van der Waals surface area contributed by atoms with E-state index in [1.807, 2.05) is 42.5 Å². The normalized spacial score (nSPS) is 12.1. The van der Waals surface area contributed by atoms with Crippen molar-refractivity contribution in [3.63, 3.8) is 0 Å². The van der Waals surface area contributed by atoms with Gasteiger partial charge in [0, 0.05) is 17.0 Å². The number of nitriles is 1. The number of amides is 2. The summed E-state index contributed by atoms with van der Waals surface area (Å²) < 4.78 is 17.1. The Balaban J connectivity index is 1.41. The number of hydrogen-bond acceptors (Lipinski definition) is 7. The summed E-state index contributed by atoms with van der Waals surface area (Å²) in [6, 6.07) is 27.5. The van der Waals surface area contributed by atoms with E-state index in [0.717, 1.165) is 11.1 Å². The van der Waals surface area contributed by atoms with Crippen LogP contribution in [-0.2, 0) is 22.6 Å². The zero-order valence-corrected chi connectivity index (χ0v) is 26.0. The van der Waals surface area contributed by atoms with Gasteiger partial charge in [-0.15, -0.1) is 0 Å². The third kappa shape index (κ3) is 9.47. The summed E-state index contributed by atoms with van der Waals surface area (Å²) in [5.74, 6) is 0.176. The molecule has 0 fully saturated rings. The van der Waals surface area contributed by atoms with E-state index in [1.54, 1.807) is 49.4 Å².